The minimum absolute atomic E-state index is 0.0775. The number of hydrogen-bond donors (Lipinski definition) is 1. The number of amides is 1. The molecule has 1 fully saturated rings. The molecule has 2 rings (SSSR count). The van der Waals surface area contributed by atoms with Gasteiger partial charge in [0.25, 0.3) is 5.91 Å². The number of carbonyl (C=O) groups is 2. The highest BCUT2D eigenvalue weighted by Gasteiger charge is 2.27. The van der Waals surface area contributed by atoms with E-state index in [1.54, 1.807) is 6.07 Å². The van der Waals surface area contributed by atoms with E-state index >= 15 is 0 Å². The van der Waals surface area contributed by atoms with Gasteiger partial charge in [0, 0.05) is 24.9 Å². The van der Waals surface area contributed by atoms with Gasteiger partial charge in [0.2, 0.25) is 0 Å². The Balaban J connectivity index is 2.16. The molecule has 1 unspecified atom stereocenters. The van der Waals surface area contributed by atoms with E-state index in [1.807, 2.05) is 0 Å². The van der Waals surface area contributed by atoms with Crippen LogP contribution in [-0.2, 0) is 19.4 Å². The summed E-state index contributed by atoms with van der Waals surface area (Å²) in [5, 5.41) is 8.78. The second kappa shape index (κ2) is 6.45. The SMILES string of the molecule is CS(=O)(=O)c1cccc(C(=O)N2CCOC(CC(=O)O)C2)c1. The molecule has 8 heteroatoms. The first kappa shape index (κ1) is 16.4. The van der Waals surface area contributed by atoms with E-state index in [9.17, 15) is 18.0 Å². The number of ether oxygens (including phenoxy) is 1. The number of morpholine rings is 1. The Labute approximate surface area is 128 Å². The lowest BCUT2D eigenvalue weighted by Gasteiger charge is -2.32. The molecule has 0 radical (unpaired) electrons. The monoisotopic (exact) mass is 327 g/mol. The van der Waals surface area contributed by atoms with Crippen LogP contribution in [-0.4, -0.2) is 62.4 Å². The molecule has 1 amide bonds. The Kier molecular flexibility index (Phi) is 4.82. The van der Waals surface area contributed by atoms with Crippen molar-refractivity contribution >= 4 is 21.7 Å². The van der Waals surface area contributed by atoms with Crippen LogP contribution in [0.25, 0.3) is 0 Å². The summed E-state index contributed by atoms with van der Waals surface area (Å²) in [5.41, 5.74) is 0.263. The Morgan fingerprint density at radius 1 is 1.41 bits per heavy atom. The maximum absolute atomic E-state index is 12.4. The van der Waals surface area contributed by atoms with Crippen LogP contribution in [0, 0.1) is 0 Å². The Morgan fingerprint density at radius 2 is 2.14 bits per heavy atom. The normalized spacial score (nSPS) is 19.0. The fourth-order valence-electron chi connectivity index (χ4n) is 2.26. The van der Waals surface area contributed by atoms with E-state index in [1.165, 1.54) is 23.1 Å². The van der Waals surface area contributed by atoms with Crippen molar-refractivity contribution in [1.82, 2.24) is 4.90 Å². The third kappa shape index (κ3) is 4.05. The fourth-order valence-corrected chi connectivity index (χ4v) is 2.93. The topological polar surface area (TPSA) is 101 Å². The molecular weight excluding hydrogens is 310 g/mol. The number of carbonyl (C=O) groups excluding carboxylic acids is 1. The summed E-state index contributed by atoms with van der Waals surface area (Å²) in [7, 11) is -3.39. The molecule has 1 aromatic carbocycles. The second-order valence-corrected chi connectivity index (χ2v) is 7.16. The number of aliphatic carboxylic acids is 1. The lowest BCUT2D eigenvalue weighted by Crippen LogP contribution is -2.46. The fraction of sp³-hybridized carbons (Fsp3) is 0.429. The van der Waals surface area contributed by atoms with Crippen molar-refractivity contribution in [3.05, 3.63) is 29.8 Å². The minimum Gasteiger partial charge on any atom is -0.481 e. The first-order valence-corrected chi connectivity index (χ1v) is 8.59. The zero-order valence-corrected chi connectivity index (χ0v) is 12.9. The highest BCUT2D eigenvalue weighted by molar-refractivity contribution is 7.90. The summed E-state index contributed by atoms with van der Waals surface area (Å²) in [6.45, 7) is 0.780. The first-order valence-electron chi connectivity index (χ1n) is 6.70. The maximum atomic E-state index is 12.4. The van der Waals surface area contributed by atoms with Crippen molar-refractivity contribution < 1.29 is 27.9 Å². The third-order valence-corrected chi connectivity index (χ3v) is 4.45. The number of benzene rings is 1. The smallest absolute Gasteiger partial charge is 0.306 e. The van der Waals surface area contributed by atoms with Crippen LogP contribution in [0.1, 0.15) is 16.8 Å². The van der Waals surface area contributed by atoms with Crippen LogP contribution in [0.15, 0.2) is 29.2 Å². The van der Waals surface area contributed by atoms with Crippen molar-refractivity contribution in [1.29, 1.82) is 0 Å². The molecule has 0 aromatic heterocycles. The Morgan fingerprint density at radius 3 is 2.77 bits per heavy atom. The van der Waals surface area contributed by atoms with Crippen LogP contribution in [0.2, 0.25) is 0 Å². The second-order valence-electron chi connectivity index (χ2n) is 5.14. The maximum Gasteiger partial charge on any atom is 0.306 e. The molecule has 1 aliphatic heterocycles. The molecule has 120 valence electrons. The van der Waals surface area contributed by atoms with Gasteiger partial charge < -0.3 is 14.7 Å². The molecule has 1 atom stereocenters. The lowest BCUT2D eigenvalue weighted by molar-refractivity contribution is -0.141. The molecule has 0 bridgehead atoms. The molecule has 1 aromatic rings. The third-order valence-electron chi connectivity index (χ3n) is 3.34. The number of sulfone groups is 1. The van der Waals surface area contributed by atoms with Gasteiger partial charge in [-0.15, -0.1) is 0 Å². The molecule has 0 saturated carbocycles. The van der Waals surface area contributed by atoms with Gasteiger partial charge in [-0.2, -0.15) is 0 Å². The Hall–Kier alpha value is -1.93. The Bertz CT molecular complexity index is 684. The highest BCUT2D eigenvalue weighted by atomic mass is 32.2. The predicted molar refractivity (Wildman–Crippen MR) is 77.4 cm³/mol. The summed E-state index contributed by atoms with van der Waals surface area (Å²) in [5.74, 6) is -1.32. The van der Waals surface area contributed by atoms with Gasteiger partial charge in [-0.1, -0.05) is 6.07 Å². The molecular formula is C14H17NO6S. The minimum atomic E-state index is -3.39. The van der Waals surface area contributed by atoms with Crippen molar-refractivity contribution in [2.75, 3.05) is 26.0 Å². The first-order chi connectivity index (χ1) is 10.3. The standard InChI is InChI=1S/C14H17NO6S/c1-22(19,20)12-4-2-3-10(7-12)14(18)15-5-6-21-11(9-15)8-13(16)17/h2-4,7,11H,5-6,8-9H2,1H3,(H,16,17). The van der Waals surface area contributed by atoms with Gasteiger partial charge >= 0.3 is 5.97 Å². The molecule has 22 heavy (non-hydrogen) atoms. The van der Waals surface area contributed by atoms with E-state index in [2.05, 4.69) is 0 Å². The van der Waals surface area contributed by atoms with Crippen molar-refractivity contribution in [2.45, 2.75) is 17.4 Å². The molecule has 0 spiro atoms. The summed E-state index contributed by atoms with van der Waals surface area (Å²) in [6.07, 6.45) is 0.356. The van der Waals surface area contributed by atoms with Gasteiger partial charge in [0.15, 0.2) is 9.84 Å². The largest absolute Gasteiger partial charge is 0.481 e. The number of rotatable bonds is 4. The van der Waals surface area contributed by atoms with Gasteiger partial charge in [-0.05, 0) is 18.2 Å². The number of hydrogen-bond acceptors (Lipinski definition) is 5. The summed E-state index contributed by atoms with van der Waals surface area (Å²) >= 11 is 0. The molecule has 1 N–H and O–H groups in total. The summed E-state index contributed by atoms with van der Waals surface area (Å²) < 4.78 is 28.4. The van der Waals surface area contributed by atoms with Gasteiger partial charge in [-0.25, -0.2) is 8.42 Å². The summed E-state index contributed by atoms with van der Waals surface area (Å²) in [4.78, 5) is 24.7. The van der Waals surface area contributed by atoms with Crippen LogP contribution in [0.4, 0.5) is 0 Å². The van der Waals surface area contributed by atoms with Crippen LogP contribution in [0.3, 0.4) is 0 Å². The van der Waals surface area contributed by atoms with Gasteiger partial charge in [0.05, 0.1) is 24.0 Å². The van der Waals surface area contributed by atoms with E-state index in [-0.39, 0.29) is 35.9 Å². The van der Waals surface area contributed by atoms with Crippen molar-refractivity contribution in [3.8, 4) is 0 Å². The van der Waals surface area contributed by atoms with Gasteiger partial charge in [-0.3, -0.25) is 9.59 Å². The molecule has 1 aliphatic rings. The van der Waals surface area contributed by atoms with Crippen molar-refractivity contribution in [3.63, 3.8) is 0 Å². The number of nitrogens with zero attached hydrogens (tertiary/aromatic N) is 1. The molecule has 1 saturated heterocycles. The molecule has 7 nitrogen and oxygen atoms in total. The van der Waals surface area contributed by atoms with E-state index in [0.29, 0.717) is 6.54 Å². The zero-order valence-electron chi connectivity index (χ0n) is 12.1. The average Bonchev–Trinajstić information content (AvgIpc) is 2.45. The van der Waals surface area contributed by atoms with E-state index in [0.717, 1.165) is 6.26 Å². The lowest BCUT2D eigenvalue weighted by atomic mass is 10.1. The predicted octanol–water partition coefficient (Wildman–Crippen LogP) is 0.406. The average molecular weight is 327 g/mol. The zero-order chi connectivity index (χ0) is 16.3. The van der Waals surface area contributed by atoms with Crippen LogP contribution in [0.5, 0.6) is 0 Å². The quantitative estimate of drug-likeness (QED) is 0.859. The van der Waals surface area contributed by atoms with Crippen LogP contribution < -0.4 is 0 Å². The summed E-state index contributed by atoms with van der Waals surface area (Å²) in [6, 6.07) is 5.81. The highest BCUT2D eigenvalue weighted by Crippen LogP contribution is 2.16. The number of carboxylic acids is 1. The van der Waals surface area contributed by atoms with E-state index < -0.39 is 21.9 Å². The molecule has 1 heterocycles. The molecule has 0 aliphatic carbocycles. The number of carboxylic acid groups (broad SMARTS) is 1. The van der Waals surface area contributed by atoms with E-state index in [4.69, 9.17) is 9.84 Å². The van der Waals surface area contributed by atoms with Gasteiger partial charge in [0.1, 0.15) is 0 Å². The van der Waals surface area contributed by atoms with Crippen molar-refractivity contribution in [2.24, 2.45) is 0 Å². The van der Waals surface area contributed by atoms with Crippen LogP contribution >= 0.6 is 0 Å².